The van der Waals surface area contributed by atoms with Crippen molar-refractivity contribution < 1.29 is 14.3 Å². The zero-order chi connectivity index (χ0) is 13.5. The molecule has 0 aromatic heterocycles. The molecule has 19 heavy (non-hydrogen) atoms. The first-order valence-corrected chi connectivity index (χ1v) is 6.80. The van der Waals surface area contributed by atoms with Crippen molar-refractivity contribution in [1.29, 1.82) is 0 Å². The summed E-state index contributed by atoms with van der Waals surface area (Å²) in [5.74, 6) is 0.859. The summed E-state index contributed by atoms with van der Waals surface area (Å²) in [5.41, 5.74) is 1.12. The smallest absolute Gasteiger partial charge is 0.309 e. The van der Waals surface area contributed by atoms with Gasteiger partial charge in [-0.1, -0.05) is 12.1 Å². The Labute approximate surface area is 114 Å². The highest BCUT2D eigenvalue weighted by atomic mass is 16.5. The number of hydrogen-bond donors (Lipinski definition) is 1. The van der Waals surface area contributed by atoms with Crippen LogP contribution in [-0.4, -0.2) is 32.8 Å². The summed E-state index contributed by atoms with van der Waals surface area (Å²) >= 11 is 0. The Balaban J connectivity index is 1.74. The highest BCUT2D eigenvalue weighted by molar-refractivity contribution is 5.72. The first-order chi connectivity index (χ1) is 9.29. The lowest BCUT2D eigenvalue weighted by atomic mass is 9.98. The maximum Gasteiger partial charge on any atom is 0.309 e. The van der Waals surface area contributed by atoms with Crippen molar-refractivity contribution >= 4 is 5.97 Å². The fraction of sp³-hybridized carbons (Fsp3) is 0.533. The molecular weight excluding hydrogens is 242 g/mol. The van der Waals surface area contributed by atoms with Crippen molar-refractivity contribution in [3.8, 4) is 5.75 Å². The average Bonchev–Trinajstić information content (AvgIpc) is 2.48. The summed E-state index contributed by atoms with van der Waals surface area (Å²) in [5, 5.41) is 3.24. The summed E-state index contributed by atoms with van der Waals surface area (Å²) in [6.07, 6.45) is 2.50. The minimum atomic E-state index is -0.0515. The van der Waals surface area contributed by atoms with Crippen molar-refractivity contribution in [2.24, 2.45) is 5.92 Å². The molecule has 0 aliphatic carbocycles. The molecule has 0 bridgehead atoms. The second-order valence-electron chi connectivity index (χ2n) is 4.79. The SMILES string of the molecule is COc1cccc(CCOC(=O)C2CCNCC2)c1. The van der Waals surface area contributed by atoms with E-state index in [9.17, 15) is 4.79 Å². The molecule has 0 unspecified atom stereocenters. The van der Waals surface area contributed by atoms with Gasteiger partial charge < -0.3 is 14.8 Å². The molecule has 0 atom stereocenters. The van der Waals surface area contributed by atoms with Crippen LogP contribution in [0.3, 0.4) is 0 Å². The molecule has 0 spiro atoms. The van der Waals surface area contributed by atoms with Crippen LogP contribution in [0.4, 0.5) is 0 Å². The number of methoxy groups -OCH3 is 1. The largest absolute Gasteiger partial charge is 0.497 e. The molecule has 4 nitrogen and oxygen atoms in total. The molecule has 2 rings (SSSR count). The van der Waals surface area contributed by atoms with Crippen LogP contribution in [0.5, 0.6) is 5.75 Å². The van der Waals surface area contributed by atoms with Crippen LogP contribution in [0.25, 0.3) is 0 Å². The van der Waals surface area contributed by atoms with Gasteiger partial charge in [0.2, 0.25) is 0 Å². The van der Waals surface area contributed by atoms with Crippen LogP contribution in [0, 0.1) is 5.92 Å². The number of hydrogen-bond acceptors (Lipinski definition) is 4. The van der Waals surface area contributed by atoms with E-state index in [1.54, 1.807) is 7.11 Å². The number of carbonyl (C=O) groups excluding carboxylic acids is 1. The number of esters is 1. The number of benzene rings is 1. The Hall–Kier alpha value is -1.55. The molecule has 1 aliphatic rings. The summed E-state index contributed by atoms with van der Waals surface area (Å²) in [4.78, 5) is 11.8. The van der Waals surface area contributed by atoms with Crippen molar-refractivity contribution in [1.82, 2.24) is 5.32 Å². The van der Waals surface area contributed by atoms with Gasteiger partial charge in [-0.25, -0.2) is 0 Å². The number of piperidine rings is 1. The lowest BCUT2D eigenvalue weighted by molar-refractivity contribution is -0.149. The Morgan fingerprint density at radius 3 is 2.89 bits per heavy atom. The molecule has 1 aliphatic heterocycles. The molecule has 1 aromatic carbocycles. The molecule has 1 N–H and O–H groups in total. The number of rotatable bonds is 5. The fourth-order valence-electron chi connectivity index (χ4n) is 2.27. The van der Waals surface area contributed by atoms with Gasteiger partial charge in [0.05, 0.1) is 19.6 Å². The zero-order valence-corrected chi connectivity index (χ0v) is 11.4. The van der Waals surface area contributed by atoms with E-state index in [-0.39, 0.29) is 11.9 Å². The second kappa shape index (κ2) is 7.14. The van der Waals surface area contributed by atoms with E-state index in [4.69, 9.17) is 9.47 Å². The topological polar surface area (TPSA) is 47.6 Å². The molecule has 1 heterocycles. The van der Waals surface area contributed by atoms with E-state index in [0.717, 1.165) is 43.7 Å². The number of ether oxygens (including phenoxy) is 2. The van der Waals surface area contributed by atoms with Crippen molar-refractivity contribution in [2.45, 2.75) is 19.3 Å². The van der Waals surface area contributed by atoms with Gasteiger partial charge in [0.15, 0.2) is 0 Å². The molecular formula is C15H21NO3. The summed E-state index contributed by atoms with van der Waals surface area (Å²) in [7, 11) is 1.65. The van der Waals surface area contributed by atoms with Crippen LogP contribution in [-0.2, 0) is 16.0 Å². The predicted molar refractivity (Wildman–Crippen MR) is 73.3 cm³/mol. The van der Waals surface area contributed by atoms with Gasteiger partial charge >= 0.3 is 5.97 Å². The summed E-state index contributed by atoms with van der Waals surface area (Å²) in [6.45, 7) is 2.27. The van der Waals surface area contributed by atoms with Crippen LogP contribution < -0.4 is 10.1 Å². The van der Waals surface area contributed by atoms with Gasteiger partial charge in [0.25, 0.3) is 0 Å². The third-order valence-corrected chi connectivity index (χ3v) is 3.44. The molecule has 1 aromatic rings. The minimum absolute atomic E-state index is 0.0515. The Morgan fingerprint density at radius 1 is 1.37 bits per heavy atom. The Bertz CT molecular complexity index is 414. The van der Waals surface area contributed by atoms with E-state index in [1.807, 2.05) is 24.3 Å². The van der Waals surface area contributed by atoms with Gasteiger partial charge in [-0.05, 0) is 43.6 Å². The fourth-order valence-corrected chi connectivity index (χ4v) is 2.27. The molecule has 1 saturated heterocycles. The first-order valence-electron chi connectivity index (χ1n) is 6.80. The minimum Gasteiger partial charge on any atom is -0.497 e. The molecule has 104 valence electrons. The molecule has 0 amide bonds. The molecule has 4 heteroatoms. The number of nitrogens with one attached hydrogen (secondary N) is 1. The average molecular weight is 263 g/mol. The van der Waals surface area contributed by atoms with Gasteiger partial charge in [-0.2, -0.15) is 0 Å². The van der Waals surface area contributed by atoms with E-state index in [1.165, 1.54) is 0 Å². The van der Waals surface area contributed by atoms with Crippen LogP contribution in [0.1, 0.15) is 18.4 Å². The Kier molecular flexibility index (Phi) is 5.21. The quantitative estimate of drug-likeness (QED) is 0.823. The van der Waals surface area contributed by atoms with Gasteiger partial charge in [0, 0.05) is 6.42 Å². The van der Waals surface area contributed by atoms with E-state index in [0.29, 0.717) is 6.61 Å². The predicted octanol–water partition coefficient (Wildman–Crippen LogP) is 1.78. The summed E-state index contributed by atoms with van der Waals surface area (Å²) < 4.78 is 10.5. The van der Waals surface area contributed by atoms with E-state index < -0.39 is 0 Å². The van der Waals surface area contributed by atoms with Crippen LogP contribution >= 0.6 is 0 Å². The highest BCUT2D eigenvalue weighted by Gasteiger charge is 2.21. The normalized spacial score (nSPS) is 16.1. The van der Waals surface area contributed by atoms with Gasteiger partial charge in [0.1, 0.15) is 5.75 Å². The second-order valence-corrected chi connectivity index (χ2v) is 4.79. The number of carbonyl (C=O) groups is 1. The highest BCUT2D eigenvalue weighted by Crippen LogP contribution is 2.15. The monoisotopic (exact) mass is 263 g/mol. The van der Waals surface area contributed by atoms with Crippen LogP contribution in [0.2, 0.25) is 0 Å². The van der Waals surface area contributed by atoms with Crippen molar-refractivity contribution in [2.75, 3.05) is 26.8 Å². The first kappa shape index (κ1) is 13.9. The third kappa shape index (κ3) is 4.24. The molecule has 0 saturated carbocycles. The summed E-state index contributed by atoms with van der Waals surface area (Å²) in [6, 6.07) is 7.84. The lowest BCUT2D eigenvalue weighted by Gasteiger charge is -2.20. The van der Waals surface area contributed by atoms with Gasteiger partial charge in [-0.15, -0.1) is 0 Å². The molecule has 0 radical (unpaired) electrons. The molecule has 1 fully saturated rings. The maximum absolute atomic E-state index is 11.8. The van der Waals surface area contributed by atoms with Crippen molar-refractivity contribution in [3.63, 3.8) is 0 Å². The van der Waals surface area contributed by atoms with E-state index >= 15 is 0 Å². The van der Waals surface area contributed by atoms with Gasteiger partial charge in [-0.3, -0.25) is 4.79 Å². The lowest BCUT2D eigenvalue weighted by Crippen LogP contribution is -2.33. The van der Waals surface area contributed by atoms with Crippen LogP contribution in [0.15, 0.2) is 24.3 Å². The maximum atomic E-state index is 11.8. The Morgan fingerprint density at radius 2 is 2.16 bits per heavy atom. The standard InChI is InChI=1S/C15H21NO3/c1-18-14-4-2-3-12(11-14)7-10-19-15(17)13-5-8-16-9-6-13/h2-4,11,13,16H,5-10H2,1H3. The zero-order valence-electron chi connectivity index (χ0n) is 11.4. The van der Waals surface area contributed by atoms with Crippen molar-refractivity contribution in [3.05, 3.63) is 29.8 Å². The third-order valence-electron chi connectivity index (χ3n) is 3.44. The van der Waals surface area contributed by atoms with E-state index in [2.05, 4.69) is 5.32 Å².